The molecule has 2 aromatic rings. The van der Waals surface area contributed by atoms with Gasteiger partial charge in [0, 0.05) is 44.6 Å². The number of ether oxygens (including phenoxy) is 1. The second-order valence-electron chi connectivity index (χ2n) is 6.82. The van der Waals surface area contributed by atoms with Gasteiger partial charge >= 0.3 is 0 Å². The lowest BCUT2D eigenvalue weighted by Crippen LogP contribution is -2.49. The Morgan fingerprint density at radius 3 is 2.67 bits per heavy atom. The van der Waals surface area contributed by atoms with E-state index in [9.17, 15) is 4.79 Å². The van der Waals surface area contributed by atoms with Gasteiger partial charge in [-0.15, -0.1) is 11.3 Å². The molecule has 6 nitrogen and oxygen atoms in total. The van der Waals surface area contributed by atoms with Crippen LogP contribution in [0.3, 0.4) is 0 Å². The molecule has 1 N–H and O–H groups in total. The van der Waals surface area contributed by atoms with Crippen LogP contribution in [-0.2, 0) is 17.8 Å². The van der Waals surface area contributed by atoms with E-state index in [0.717, 1.165) is 61.2 Å². The molecule has 1 aromatic heterocycles. The summed E-state index contributed by atoms with van der Waals surface area (Å²) in [4.78, 5) is 21.4. The molecule has 1 aliphatic rings. The van der Waals surface area contributed by atoms with Crippen LogP contribution in [0.2, 0.25) is 0 Å². The molecule has 1 fully saturated rings. The minimum atomic E-state index is 0.0912. The molecule has 0 bridgehead atoms. The lowest BCUT2D eigenvalue weighted by molar-refractivity contribution is -0.122. The number of aryl methyl sites for hydroxylation is 1. The van der Waals surface area contributed by atoms with Crippen molar-refractivity contribution in [3.8, 4) is 5.75 Å². The Morgan fingerprint density at radius 1 is 1.22 bits per heavy atom. The molecule has 7 heteroatoms. The number of nitrogens with zero attached hydrogens (tertiary/aromatic N) is 3. The number of methoxy groups -OCH3 is 1. The first-order valence-electron chi connectivity index (χ1n) is 9.38. The Kier molecular flexibility index (Phi) is 7.20. The first kappa shape index (κ1) is 19.8. The lowest BCUT2D eigenvalue weighted by Gasteiger charge is -2.33. The van der Waals surface area contributed by atoms with Gasteiger partial charge in [0.2, 0.25) is 5.91 Å². The predicted octanol–water partition coefficient (Wildman–Crippen LogP) is 1.94. The molecule has 0 spiro atoms. The number of carbonyl (C=O) groups excluding carboxylic acids is 1. The molecule has 2 heterocycles. The molecule has 27 heavy (non-hydrogen) atoms. The average molecular weight is 389 g/mol. The van der Waals surface area contributed by atoms with Gasteiger partial charge in [0.25, 0.3) is 0 Å². The first-order valence-corrected chi connectivity index (χ1v) is 10.3. The fourth-order valence-corrected chi connectivity index (χ4v) is 3.92. The van der Waals surface area contributed by atoms with Crippen molar-refractivity contribution in [2.75, 3.05) is 46.4 Å². The van der Waals surface area contributed by atoms with E-state index in [1.165, 1.54) is 0 Å². The minimum absolute atomic E-state index is 0.0912. The Labute approximate surface area is 165 Å². The Bertz CT molecular complexity index is 741. The molecule has 1 saturated heterocycles. The van der Waals surface area contributed by atoms with E-state index in [1.54, 1.807) is 18.4 Å². The topological polar surface area (TPSA) is 57.7 Å². The van der Waals surface area contributed by atoms with Crippen LogP contribution in [0, 0.1) is 6.92 Å². The van der Waals surface area contributed by atoms with Crippen LogP contribution < -0.4 is 10.1 Å². The van der Waals surface area contributed by atoms with E-state index >= 15 is 0 Å². The van der Waals surface area contributed by atoms with Crippen LogP contribution in [0.1, 0.15) is 16.3 Å². The highest BCUT2D eigenvalue weighted by atomic mass is 32.1. The summed E-state index contributed by atoms with van der Waals surface area (Å²) < 4.78 is 5.35. The van der Waals surface area contributed by atoms with Gasteiger partial charge in [-0.25, -0.2) is 4.98 Å². The van der Waals surface area contributed by atoms with Gasteiger partial charge in [0.05, 0.1) is 24.4 Å². The van der Waals surface area contributed by atoms with Gasteiger partial charge in [0.1, 0.15) is 5.75 Å². The monoisotopic (exact) mass is 388 g/mol. The number of rotatable bonds is 8. The Hall–Kier alpha value is -1.96. The van der Waals surface area contributed by atoms with Gasteiger partial charge in [-0.2, -0.15) is 0 Å². The van der Waals surface area contributed by atoms with Crippen molar-refractivity contribution in [3.63, 3.8) is 0 Å². The highest BCUT2D eigenvalue weighted by Gasteiger charge is 2.19. The zero-order valence-corrected chi connectivity index (χ0v) is 16.9. The molecule has 0 radical (unpaired) electrons. The van der Waals surface area contributed by atoms with E-state index in [2.05, 4.69) is 25.5 Å². The van der Waals surface area contributed by atoms with Crippen LogP contribution in [0.5, 0.6) is 5.75 Å². The molecular formula is C20H28N4O2S. The van der Waals surface area contributed by atoms with Gasteiger partial charge in [0.15, 0.2) is 0 Å². The summed E-state index contributed by atoms with van der Waals surface area (Å²) in [6.07, 6.45) is 0.774. The third-order valence-electron chi connectivity index (χ3n) is 4.79. The quantitative estimate of drug-likeness (QED) is 0.749. The van der Waals surface area contributed by atoms with Crippen LogP contribution in [-0.4, -0.2) is 67.1 Å². The molecular weight excluding hydrogens is 360 g/mol. The predicted molar refractivity (Wildman–Crippen MR) is 108 cm³/mol. The van der Waals surface area contributed by atoms with Crippen molar-refractivity contribution in [3.05, 3.63) is 45.9 Å². The molecule has 1 amide bonds. The van der Waals surface area contributed by atoms with Crippen LogP contribution in [0.15, 0.2) is 29.6 Å². The van der Waals surface area contributed by atoms with Gasteiger partial charge in [-0.3, -0.25) is 14.6 Å². The lowest BCUT2D eigenvalue weighted by atomic mass is 10.1. The summed E-state index contributed by atoms with van der Waals surface area (Å²) in [5, 5.41) is 6.28. The smallest absolute Gasteiger partial charge is 0.234 e. The standard InChI is InChI=1S/C20H28N4O2S/c1-16-22-18(15-27-16)13-23-9-11-24(12-10-23)14-20(25)21-8-7-17-5-3-4-6-19(17)26-2/h3-6,15H,7-14H2,1-2H3,(H,21,25). The van der Waals surface area contributed by atoms with Crippen molar-refractivity contribution in [2.45, 2.75) is 19.9 Å². The molecule has 1 aliphatic heterocycles. The largest absolute Gasteiger partial charge is 0.496 e. The SMILES string of the molecule is COc1ccccc1CCNC(=O)CN1CCN(Cc2csc(C)n2)CC1. The number of carbonyl (C=O) groups is 1. The van der Waals surface area contributed by atoms with Crippen molar-refractivity contribution >= 4 is 17.2 Å². The van der Waals surface area contributed by atoms with Crippen molar-refractivity contribution in [2.24, 2.45) is 0 Å². The molecule has 1 aromatic carbocycles. The second-order valence-corrected chi connectivity index (χ2v) is 7.88. The Morgan fingerprint density at radius 2 is 1.96 bits per heavy atom. The van der Waals surface area contributed by atoms with Gasteiger partial charge in [-0.1, -0.05) is 18.2 Å². The van der Waals surface area contributed by atoms with Crippen LogP contribution >= 0.6 is 11.3 Å². The molecule has 0 atom stereocenters. The Balaban J connectivity index is 1.34. The fourth-order valence-electron chi connectivity index (χ4n) is 3.32. The summed E-state index contributed by atoms with van der Waals surface area (Å²) in [7, 11) is 1.67. The molecule has 3 rings (SSSR count). The minimum Gasteiger partial charge on any atom is -0.496 e. The maximum absolute atomic E-state index is 12.2. The summed E-state index contributed by atoms with van der Waals surface area (Å²) in [6, 6.07) is 7.93. The van der Waals surface area contributed by atoms with Crippen LogP contribution in [0.25, 0.3) is 0 Å². The number of thiazole rings is 1. The van der Waals surface area contributed by atoms with Crippen molar-refractivity contribution in [1.82, 2.24) is 20.1 Å². The van der Waals surface area contributed by atoms with Crippen molar-refractivity contribution < 1.29 is 9.53 Å². The van der Waals surface area contributed by atoms with E-state index in [4.69, 9.17) is 4.74 Å². The van der Waals surface area contributed by atoms with E-state index in [-0.39, 0.29) is 5.91 Å². The number of aromatic nitrogens is 1. The molecule has 0 aliphatic carbocycles. The average Bonchev–Trinajstić information content (AvgIpc) is 3.08. The van der Waals surface area contributed by atoms with E-state index in [0.29, 0.717) is 13.1 Å². The number of hydrogen-bond acceptors (Lipinski definition) is 6. The zero-order valence-electron chi connectivity index (χ0n) is 16.1. The number of amides is 1. The summed E-state index contributed by atoms with van der Waals surface area (Å²) in [6.45, 7) is 7.84. The summed E-state index contributed by atoms with van der Waals surface area (Å²) >= 11 is 1.70. The highest BCUT2D eigenvalue weighted by Crippen LogP contribution is 2.17. The summed E-state index contributed by atoms with van der Waals surface area (Å²) in [5.74, 6) is 0.964. The third kappa shape index (κ3) is 6.02. The molecule has 0 saturated carbocycles. The van der Waals surface area contributed by atoms with Crippen LogP contribution in [0.4, 0.5) is 0 Å². The maximum Gasteiger partial charge on any atom is 0.234 e. The summed E-state index contributed by atoms with van der Waals surface area (Å²) in [5.41, 5.74) is 2.27. The number of nitrogens with one attached hydrogen (secondary N) is 1. The first-order chi connectivity index (χ1) is 13.1. The fraction of sp³-hybridized carbons (Fsp3) is 0.500. The number of piperazine rings is 1. The normalized spacial score (nSPS) is 15.6. The number of para-hydroxylation sites is 1. The van der Waals surface area contributed by atoms with Gasteiger partial charge < -0.3 is 10.1 Å². The molecule has 0 unspecified atom stereocenters. The molecule has 146 valence electrons. The van der Waals surface area contributed by atoms with Crippen molar-refractivity contribution in [1.29, 1.82) is 0 Å². The zero-order chi connectivity index (χ0) is 19.1. The highest BCUT2D eigenvalue weighted by molar-refractivity contribution is 7.09. The number of hydrogen-bond donors (Lipinski definition) is 1. The third-order valence-corrected chi connectivity index (χ3v) is 5.62. The maximum atomic E-state index is 12.2. The second kappa shape index (κ2) is 9.82. The number of benzene rings is 1. The van der Waals surface area contributed by atoms with E-state index in [1.807, 2.05) is 31.2 Å². The van der Waals surface area contributed by atoms with Gasteiger partial charge in [-0.05, 0) is 25.0 Å². The van der Waals surface area contributed by atoms with E-state index < -0.39 is 0 Å².